The molecule has 0 saturated carbocycles. The molecule has 0 aliphatic carbocycles. The Morgan fingerprint density at radius 3 is 2.47 bits per heavy atom. The Balaban J connectivity index is 1.58. The van der Waals surface area contributed by atoms with Gasteiger partial charge in [0.2, 0.25) is 11.2 Å². The molecule has 152 valence electrons. The molecule has 2 aromatic carbocycles. The van der Waals surface area contributed by atoms with Crippen molar-refractivity contribution in [3.05, 3.63) is 80.8 Å². The van der Waals surface area contributed by atoms with Crippen LogP contribution < -0.4 is 19.6 Å². The fourth-order valence-electron chi connectivity index (χ4n) is 2.93. The average Bonchev–Trinajstić information content (AvgIpc) is 3.24. The third-order valence-corrected chi connectivity index (χ3v) is 5.27. The quantitative estimate of drug-likeness (QED) is 0.317. The van der Waals surface area contributed by atoms with Gasteiger partial charge in [-0.05, 0) is 54.8 Å². The molecule has 0 amide bonds. The molecular formula is C23H18O6S. The largest absolute Gasteiger partial charge is 0.497 e. The van der Waals surface area contributed by atoms with Crippen LogP contribution in [0.2, 0.25) is 0 Å². The van der Waals surface area contributed by atoms with Crippen molar-refractivity contribution in [2.45, 2.75) is 13.3 Å². The number of carbonyl (C=O) groups excluding carboxylic acids is 1. The lowest BCUT2D eigenvalue weighted by molar-refractivity contribution is -0.133. The van der Waals surface area contributed by atoms with Crippen LogP contribution in [0.3, 0.4) is 0 Å². The van der Waals surface area contributed by atoms with Crippen LogP contribution in [0.15, 0.2) is 69.2 Å². The van der Waals surface area contributed by atoms with E-state index in [1.54, 1.807) is 50.4 Å². The van der Waals surface area contributed by atoms with Crippen molar-refractivity contribution in [2.24, 2.45) is 0 Å². The minimum Gasteiger partial charge on any atom is -0.497 e. The van der Waals surface area contributed by atoms with Crippen LogP contribution in [-0.4, -0.2) is 13.1 Å². The molecule has 0 bridgehead atoms. The Bertz CT molecular complexity index is 1240. The highest BCUT2D eigenvalue weighted by atomic mass is 32.1. The van der Waals surface area contributed by atoms with E-state index in [1.165, 1.54) is 17.4 Å². The predicted octanol–water partition coefficient (Wildman–Crippen LogP) is 5.11. The summed E-state index contributed by atoms with van der Waals surface area (Å²) in [6, 6.07) is 15.3. The number of ether oxygens (including phenoxy) is 3. The van der Waals surface area contributed by atoms with Crippen molar-refractivity contribution in [1.29, 1.82) is 0 Å². The lowest BCUT2D eigenvalue weighted by atomic mass is 10.2. The average molecular weight is 422 g/mol. The molecule has 0 aliphatic heterocycles. The Morgan fingerprint density at radius 2 is 1.77 bits per heavy atom. The van der Waals surface area contributed by atoms with Gasteiger partial charge in [-0.2, -0.15) is 0 Å². The molecule has 7 heteroatoms. The Labute approximate surface area is 176 Å². The van der Waals surface area contributed by atoms with E-state index in [0.717, 1.165) is 4.88 Å². The zero-order valence-electron chi connectivity index (χ0n) is 16.3. The molecule has 0 fully saturated rings. The number of aryl methyl sites for hydroxylation is 1. The fraction of sp³-hybridized carbons (Fsp3) is 0.130. The Morgan fingerprint density at radius 1 is 1.03 bits per heavy atom. The second-order valence-corrected chi connectivity index (χ2v) is 7.51. The van der Waals surface area contributed by atoms with Gasteiger partial charge in [-0.1, -0.05) is 6.07 Å². The predicted molar refractivity (Wildman–Crippen MR) is 114 cm³/mol. The highest BCUT2D eigenvalue weighted by Crippen LogP contribution is 2.28. The molecule has 4 rings (SSSR count). The van der Waals surface area contributed by atoms with Crippen molar-refractivity contribution < 1.29 is 23.4 Å². The van der Waals surface area contributed by atoms with Gasteiger partial charge in [-0.25, -0.2) is 0 Å². The maximum absolute atomic E-state index is 12.9. The third-order valence-electron chi connectivity index (χ3n) is 4.40. The molecule has 4 aromatic rings. The molecule has 6 nitrogen and oxygen atoms in total. The van der Waals surface area contributed by atoms with Crippen LogP contribution in [0.5, 0.6) is 23.0 Å². The molecule has 0 radical (unpaired) electrons. The second-order valence-electron chi connectivity index (χ2n) is 6.48. The van der Waals surface area contributed by atoms with Gasteiger partial charge in [0.25, 0.3) is 0 Å². The van der Waals surface area contributed by atoms with Gasteiger partial charge in [0.05, 0.1) is 18.9 Å². The first-order valence-electron chi connectivity index (χ1n) is 9.16. The van der Waals surface area contributed by atoms with Crippen LogP contribution in [0.4, 0.5) is 0 Å². The summed E-state index contributed by atoms with van der Waals surface area (Å²) in [5.74, 6) is 1.54. The van der Waals surface area contributed by atoms with E-state index in [4.69, 9.17) is 18.6 Å². The summed E-state index contributed by atoms with van der Waals surface area (Å²) in [5.41, 5.74) is 0.0158. The molecule has 0 atom stereocenters. The fourth-order valence-corrected chi connectivity index (χ4v) is 3.62. The molecule has 0 unspecified atom stereocenters. The minimum absolute atomic E-state index is 0.107. The van der Waals surface area contributed by atoms with Gasteiger partial charge in [0.15, 0.2) is 0 Å². The summed E-state index contributed by atoms with van der Waals surface area (Å²) >= 11 is 1.49. The first-order valence-corrected chi connectivity index (χ1v) is 10.0. The van der Waals surface area contributed by atoms with Crippen molar-refractivity contribution in [3.8, 4) is 23.0 Å². The lowest BCUT2D eigenvalue weighted by Gasteiger charge is -2.10. The number of methoxy groups -OCH3 is 1. The standard InChI is InChI=1S/C23H18O6S/c1-14-23(29-16-7-5-15(26-2)6-8-16)22(25)19-10-9-17(12-20(19)27-14)28-21(24)13-18-4-3-11-30-18/h3-12H,13H2,1-2H3. The number of thiophene rings is 1. The van der Waals surface area contributed by atoms with Crippen LogP contribution >= 0.6 is 11.3 Å². The molecule has 0 spiro atoms. The summed E-state index contributed by atoms with van der Waals surface area (Å²) < 4.78 is 22.0. The van der Waals surface area contributed by atoms with Crippen molar-refractivity contribution in [1.82, 2.24) is 0 Å². The highest BCUT2D eigenvalue weighted by molar-refractivity contribution is 7.10. The topological polar surface area (TPSA) is 75.0 Å². The zero-order chi connectivity index (χ0) is 21.1. The normalized spacial score (nSPS) is 10.7. The van der Waals surface area contributed by atoms with E-state index in [-0.39, 0.29) is 23.6 Å². The van der Waals surface area contributed by atoms with E-state index in [1.807, 2.05) is 17.5 Å². The molecule has 2 aromatic heterocycles. The highest BCUT2D eigenvalue weighted by Gasteiger charge is 2.16. The van der Waals surface area contributed by atoms with Gasteiger partial charge < -0.3 is 18.6 Å². The number of carbonyl (C=O) groups is 1. The number of esters is 1. The monoisotopic (exact) mass is 422 g/mol. The number of hydrogen-bond acceptors (Lipinski definition) is 7. The first-order chi connectivity index (χ1) is 14.5. The second kappa shape index (κ2) is 8.42. The van der Waals surface area contributed by atoms with Crippen molar-refractivity contribution >= 4 is 28.3 Å². The Hall–Kier alpha value is -3.58. The molecule has 0 N–H and O–H groups in total. The summed E-state index contributed by atoms with van der Waals surface area (Å²) in [6.07, 6.45) is 0.188. The maximum Gasteiger partial charge on any atom is 0.316 e. The van der Waals surface area contributed by atoms with Gasteiger partial charge in [0.1, 0.15) is 28.6 Å². The molecule has 0 saturated heterocycles. The number of fused-ring (bicyclic) bond motifs is 1. The van der Waals surface area contributed by atoms with E-state index >= 15 is 0 Å². The van der Waals surface area contributed by atoms with Gasteiger partial charge in [0, 0.05) is 10.9 Å². The lowest BCUT2D eigenvalue weighted by Crippen LogP contribution is -2.11. The molecule has 30 heavy (non-hydrogen) atoms. The van der Waals surface area contributed by atoms with Crippen LogP contribution in [0, 0.1) is 6.92 Å². The summed E-state index contributed by atoms with van der Waals surface area (Å²) in [6.45, 7) is 1.65. The van der Waals surface area contributed by atoms with Crippen LogP contribution in [0.25, 0.3) is 11.0 Å². The summed E-state index contributed by atoms with van der Waals surface area (Å²) in [7, 11) is 1.58. The summed E-state index contributed by atoms with van der Waals surface area (Å²) in [4.78, 5) is 25.9. The van der Waals surface area contributed by atoms with E-state index in [9.17, 15) is 9.59 Å². The number of hydrogen-bond donors (Lipinski definition) is 0. The van der Waals surface area contributed by atoms with Gasteiger partial charge in [-0.15, -0.1) is 11.3 Å². The SMILES string of the molecule is COc1ccc(Oc2c(C)oc3cc(OC(=O)Cc4cccs4)ccc3c2=O)cc1. The zero-order valence-corrected chi connectivity index (χ0v) is 17.2. The van der Waals surface area contributed by atoms with Crippen LogP contribution in [-0.2, 0) is 11.2 Å². The smallest absolute Gasteiger partial charge is 0.316 e. The van der Waals surface area contributed by atoms with E-state index in [2.05, 4.69) is 0 Å². The first kappa shape index (κ1) is 19.7. The minimum atomic E-state index is -0.379. The van der Waals surface area contributed by atoms with E-state index in [0.29, 0.717) is 34.0 Å². The maximum atomic E-state index is 12.9. The Kier molecular flexibility index (Phi) is 5.54. The van der Waals surface area contributed by atoms with Crippen LogP contribution in [0.1, 0.15) is 10.6 Å². The molecule has 2 heterocycles. The van der Waals surface area contributed by atoms with Crippen molar-refractivity contribution in [3.63, 3.8) is 0 Å². The third kappa shape index (κ3) is 4.21. The van der Waals surface area contributed by atoms with E-state index < -0.39 is 0 Å². The van der Waals surface area contributed by atoms with Gasteiger partial charge in [-0.3, -0.25) is 9.59 Å². The van der Waals surface area contributed by atoms with Crippen molar-refractivity contribution in [2.75, 3.05) is 7.11 Å². The number of rotatable bonds is 6. The van der Waals surface area contributed by atoms with Gasteiger partial charge >= 0.3 is 5.97 Å². The molecule has 0 aliphatic rings. The molecular weight excluding hydrogens is 404 g/mol. The number of benzene rings is 2. The summed E-state index contributed by atoms with van der Waals surface area (Å²) in [5, 5.41) is 2.24.